The van der Waals surface area contributed by atoms with Crippen LogP contribution < -0.4 is 0 Å². The Kier molecular flexibility index (Phi) is 6.99. The lowest BCUT2D eigenvalue weighted by Crippen LogP contribution is -2.46. The van der Waals surface area contributed by atoms with E-state index in [1.165, 1.54) is 11.1 Å². The van der Waals surface area contributed by atoms with Crippen LogP contribution in [0.2, 0.25) is 0 Å². The smallest absolute Gasteiger partial charge is 0.317 e. The highest BCUT2D eigenvalue weighted by Gasteiger charge is 2.25. The fourth-order valence-corrected chi connectivity index (χ4v) is 4.56. The molecule has 0 radical (unpaired) electrons. The van der Waals surface area contributed by atoms with Crippen LogP contribution in [0.3, 0.4) is 0 Å². The van der Waals surface area contributed by atoms with E-state index in [-0.39, 0.29) is 6.54 Å². The summed E-state index contributed by atoms with van der Waals surface area (Å²) in [5.74, 6) is -0.735. The fraction of sp³-hybridized carbons (Fsp3) is 0.524. The molecule has 0 aliphatic carbocycles. The molecule has 0 amide bonds. The maximum Gasteiger partial charge on any atom is 0.317 e. The summed E-state index contributed by atoms with van der Waals surface area (Å²) in [7, 11) is 0. The summed E-state index contributed by atoms with van der Waals surface area (Å²) in [4.78, 5) is 20.4. The van der Waals surface area contributed by atoms with Crippen LogP contribution >= 0.6 is 11.3 Å². The van der Waals surface area contributed by atoms with Gasteiger partial charge >= 0.3 is 5.97 Å². The number of thiazole rings is 1. The molecule has 1 saturated heterocycles. The number of carbonyl (C=O) groups is 1. The first-order chi connectivity index (χ1) is 13.1. The molecular formula is C21H29N3O2S. The largest absolute Gasteiger partial charge is 0.480 e. The van der Waals surface area contributed by atoms with Gasteiger partial charge in [0.1, 0.15) is 5.01 Å². The zero-order valence-corrected chi connectivity index (χ0v) is 17.0. The van der Waals surface area contributed by atoms with E-state index < -0.39 is 5.97 Å². The van der Waals surface area contributed by atoms with Gasteiger partial charge in [0.05, 0.1) is 12.2 Å². The van der Waals surface area contributed by atoms with E-state index in [4.69, 9.17) is 10.1 Å². The molecule has 27 heavy (non-hydrogen) atoms. The number of aliphatic carboxylic acids is 1. The van der Waals surface area contributed by atoms with Gasteiger partial charge in [-0.15, -0.1) is 11.3 Å². The van der Waals surface area contributed by atoms with E-state index in [1.807, 2.05) is 6.92 Å². The molecule has 0 unspecified atom stereocenters. The maximum atomic E-state index is 11.0. The Morgan fingerprint density at radius 2 is 1.96 bits per heavy atom. The number of hydrogen-bond acceptors (Lipinski definition) is 5. The zero-order valence-electron chi connectivity index (χ0n) is 16.2. The second kappa shape index (κ2) is 9.44. The Morgan fingerprint density at radius 3 is 2.56 bits per heavy atom. The third kappa shape index (κ3) is 5.37. The number of carboxylic acid groups (broad SMARTS) is 1. The quantitative estimate of drug-likeness (QED) is 0.748. The molecule has 2 aromatic rings. The number of carboxylic acids is 1. The lowest BCUT2D eigenvalue weighted by atomic mass is 10.0. The van der Waals surface area contributed by atoms with E-state index in [0.717, 1.165) is 56.1 Å². The molecule has 146 valence electrons. The van der Waals surface area contributed by atoms with Gasteiger partial charge in [-0.2, -0.15) is 0 Å². The lowest BCUT2D eigenvalue weighted by Gasteiger charge is -2.37. The molecule has 2 heterocycles. The Hall–Kier alpha value is -1.76. The van der Waals surface area contributed by atoms with Crippen molar-refractivity contribution in [3.8, 4) is 10.6 Å². The van der Waals surface area contributed by atoms with Gasteiger partial charge in [-0.05, 0) is 31.4 Å². The molecule has 1 fully saturated rings. The molecule has 0 atom stereocenters. The average Bonchev–Trinajstić information content (AvgIpc) is 3.15. The first-order valence-corrected chi connectivity index (χ1v) is 10.7. The van der Waals surface area contributed by atoms with Crippen molar-refractivity contribution < 1.29 is 9.90 Å². The monoisotopic (exact) mass is 387 g/mol. The predicted octanol–water partition coefficient (Wildman–Crippen LogP) is 3.74. The number of nitrogens with zero attached hydrogens (tertiary/aromatic N) is 3. The van der Waals surface area contributed by atoms with Gasteiger partial charge < -0.3 is 5.11 Å². The van der Waals surface area contributed by atoms with Gasteiger partial charge in [0.15, 0.2) is 0 Å². The van der Waals surface area contributed by atoms with E-state index in [0.29, 0.717) is 6.04 Å². The van der Waals surface area contributed by atoms with Crippen LogP contribution in [0.15, 0.2) is 29.6 Å². The molecule has 6 heteroatoms. The van der Waals surface area contributed by atoms with Gasteiger partial charge in [-0.3, -0.25) is 14.6 Å². The highest BCUT2D eigenvalue weighted by molar-refractivity contribution is 7.13. The van der Waals surface area contributed by atoms with Crippen LogP contribution in [0.4, 0.5) is 0 Å². The van der Waals surface area contributed by atoms with Crippen molar-refractivity contribution in [2.75, 3.05) is 26.2 Å². The minimum absolute atomic E-state index is 0.146. The summed E-state index contributed by atoms with van der Waals surface area (Å²) in [5.41, 5.74) is 3.67. The number of likely N-dealkylation sites (tertiary alicyclic amines) is 1. The van der Waals surface area contributed by atoms with Crippen LogP contribution in [0, 0.1) is 0 Å². The maximum absolute atomic E-state index is 11.0. The van der Waals surface area contributed by atoms with Crippen LogP contribution in [0.1, 0.15) is 37.9 Å². The Labute approximate surface area is 165 Å². The molecule has 0 saturated carbocycles. The number of aromatic nitrogens is 1. The van der Waals surface area contributed by atoms with E-state index >= 15 is 0 Å². The topological polar surface area (TPSA) is 56.7 Å². The summed E-state index contributed by atoms with van der Waals surface area (Å²) < 4.78 is 0. The fourth-order valence-electron chi connectivity index (χ4n) is 3.74. The van der Waals surface area contributed by atoms with E-state index in [1.54, 1.807) is 11.3 Å². The van der Waals surface area contributed by atoms with Gasteiger partial charge in [0.2, 0.25) is 0 Å². The number of piperidine rings is 1. The molecule has 1 aliphatic heterocycles. The lowest BCUT2D eigenvalue weighted by molar-refractivity contribution is -0.139. The van der Waals surface area contributed by atoms with Gasteiger partial charge in [-0.1, -0.05) is 38.1 Å². The first kappa shape index (κ1) is 20.0. The third-order valence-electron chi connectivity index (χ3n) is 5.36. The average molecular weight is 388 g/mol. The molecule has 1 aromatic carbocycles. The number of benzene rings is 1. The van der Waals surface area contributed by atoms with Crippen molar-refractivity contribution in [2.24, 2.45) is 0 Å². The minimum atomic E-state index is -0.735. The van der Waals surface area contributed by atoms with Crippen molar-refractivity contribution in [2.45, 2.75) is 45.7 Å². The van der Waals surface area contributed by atoms with Crippen LogP contribution in [-0.2, 0) is 17.8 Å². The second-order valence-corrected chi connectivity index (χ2v) is 8.02. The molecule has 3 rings (SSSR count). The predicted molar refractivity (Wildman–Crippen MR) is 110 cm³/mol. The summed E-state index contributed by atoms with van der Waals surface area (Å²) in [6, 6.07) is 9.06. The highest BCUT2D eigenvalue weighted by Crippen LogP contribution is 2.25. The molecule has 0 bridgehead atoms. The van der Waals surface area contributed by atoms with E-state index in [9.17, 15) is 4.79 Å². The SMILES string of the molecule is CCc1ccc(-c2nc(CN3CCC(N(CC)CC(=O)O)CC3)cs2)cc1. The molecule has 0 spiro atoms. The second-order valence-electron chi connectivity index (χ2n) is 7.16. The van der Waals surface area contributed by atoms with Crippen molar-refractivity contribution in [3.63, 3.8) is 0 Å². The molecule has 1 aromatic heterocycles. The van der Waals surface area contributed by atoms with Gasteiger partial charge in [-0.25, -0.2) is 4.98 Å². The first-order valence-electron chi connectivity index (χ1n) is 9.81. The Balaban J connectivity index is 1.53. The summed E-state index contributed by atoms with van der Waals surface area (Å²) >= 11 is 1.71. The van der Waals surface area contributed by atoms with Crippen LogP contribution in [-0.4, -0.2) is 58.1 Å². The summed E-state index contributed by atoms with van der Waals surface area (Å²) in [6.07, 6.45) is 3.11. The number of likely N-dealkylation sites (N-methyl/N-ethyl adjacent to an activating group) is 1. The molecule has 1 aliphatic rings. The zero-order chi connectivity index (χ0) is 19.2. The normalized spacial score (nSPS) is 16.1. The standard InChI is InChI=1S/C21H29N3O2S/c1-3-16-5-7-17(8-6-16)21-22-18(15-27-21)13-23-11-9-19(10-12-23)24(4-2)14-20(25)26/h5-8,15,19H,3-4,9-14H2,1-2H3,(H,25,26). The third-order valence-corrected chi connectivity index (χ3v) is 6.30. The van der Waals surface area contributed by atoms with Gasteiger partial charge in [0.25, 0.3) is 0 Å². The highest BCUT2D eigenvalue weighted by atomic mass is 32.1. The molecule has 5 nitrogen and oxygen atoms in total. The molecular weight excluding hydrogens is 358 g/mol. The number of hydrogen-bond donors (Lipinski definition) is 1. The van der Waals surface area contributed by atoms with Crippen molar-refractivity contribution in [3.05, 3.63) is 40.9 Å². The Morgan fingerprint density at radius 1 is 1.26 bits per heavy atom. The van der Waals surface area contributed by atoms with Crippen molar-refractivity contribution >= 4 is 17.3 Å². The van der Waals surface area contributed by atoms with E-state index in [2.05, 4.69) is 46.4 Å². The summed E-state index contributed by atoms with van der Waals surface area (Å²) in [6.45, 7) is 8.02. The minimum Gasteiger partial charge on any atom is -0.480 e. The molecule has 1 N–H and O–H groups in total. The van der Waals surface area contributed by atoms with Crippen molar-refractivity contribution in [1.82, 2.24) is 14.8 Å². The van der Waals surface area contributed by atoms with Crippen molar-refractivity contribution in [1.29, 1.82) is 0 Å². The Bertz CT molecular complexity index is 736. The number of aryl methyl sites for hydroxylation is 1. The van der Waals surface area contributed by atoms with Crippen LogP contribution in [0.5, 0.6) is 0 Å². The number of rotatable bonds is 8. The summed E-state index contributed by atoms with van der Waals surface area (Å²) in [5, 5.41) is 12.3. The van der Waals surface area contributed by atoms with Crippen LogP contribution in [0.25, 0.3) is 10.6 Å². The van der Waals surface area contributed by atoms with Gasteiger partial charge in [0, 0.05) is 36.6 Å².